The zero-order chi connectivity index (χ0) is 13.5. The Kier molecular flexibility index (Phi) is 3.17. The maximum absolute atomic E-state index is 12.6. The fraction of sp³-hybridized carbons (Fsp3) is 0.533. The molecule has 1 aliphatic heterocycles. The summed E-state index contributed by atoms with van der Waals surface area (Å²) < 4.78 is 0. The van der Waals surface area contributed by atoms with E-state index >= 15 is 0 Å². The average molecular weight is 279 g/mol. The summed E-state index contributed by atoms with van der Waals surface area (Å²) in [6.45, 7) is 0.666. The molecular formula is C15H19ClN2O. The van der Waals surface area contributed by atoms with Gasteiger partial charge in [0.2, 0.25) is 5.91 Å². The van der Waals surface area contributed by atoms with E-state index in [1.165, 1.54) is 6.42 Å². The molecule has 0 aromatic heterocycles. The molecule has 3 rings (SSSR count). The molecule has 3 nitrogen and oxygen atoms in total. The summed E-state index contributed by atoms with van der Waals surface area (Å²) in [4.78, 5) is 16.7. The lowest BCUT2D eigenvalue weighted by molar-refractivity contribution is -0.132. The SMILES string of the molecule is CN1CN(c2cccc(Cl)c2)C2(CCCCC2)C1=O. The summed E-state index contributed by atoms with van der Waals surface area (Å²) in [5.41, 5.74) is 0.740. The van der Waals surface area contributed by atoms with Gasteiger partial charge in [-0.3, -0.25) is 4.79 Å². The summed E-state index contributed by atoms with van der Waals surface area (Å²) in [6.07, 6.45) is 5.43. The second-order valence-corrected chi connectivity index (χ2v) is 6.08. The molecule has 2 fully saturated rings. The van der Waals surface area contributed by atoms with Crippen LogP contribution in [-0.4, -0.2) is 30.1 Å². The Bertz CT molecular complexity index is 497. The highest BCUT2D eigenvalue weighted by Gasteiger charge is 2.51. The number of rotatable bonds is 1. The van der Waals surface area contributed by atoms with E-state index in [-0.39, 0.29) is 11.4 Å². The lowest BCUT2D eigenvalue weighted by atomic mass is 9.80. The molecule has 0 N–H and O–H groups in total. The Balaban J connectivity index is 2.01. The minimum atomic E-state index is -0.322. The zero-order valence-electron chi connectivity index (χ0n) is 11.2. The number of carbonyl (C=O) groups is 1. The quantitative estimate of drug-likeness (QED) is 0.787. The van der Waals surface area contributed by atoms with Crippen molar-refractivity contribution in [1.82, 2.24) is 4.90 Å². The minimum absolute atomic E-state index is 0.271. The molecule has 0 radical (unpaired) electrons. The first-order chi connectivity index (χ1) is 9.13. The van der Waals surface area contributed by atoms with Gasteiger partial charge in [-0.25, -0.2) is 0 Å². The number of hydrogen-bond acceptors (Lipinski definition) is 2. The van der Waals surface area contributed by atoms with Crippen molar-refractivity contribution in [1.29, 1.82) is 0 Å². The van der Waals surface area contributed by atoms with Crippen LogP contribution in [0.15, 0.2) is 24.3 Å². The van der Waals surface area contributed by atoms with Gasteiger partial charge < -0.3 is 9.80 Å². The molecular weight excluding hydrogens is 260 g/mol. The third kappa shape index (κ3) is 2.00. The number of benzene rings is 1. The Morgan fingerprint density at radius 1 is 1.21 bits per heavy atom. The van der Waals surface area contributed by atoms with E-state index < -0.39 is 0 Å². The smallest absolute Gasteiger partial charge is 0.249 e. The highest BCUT2D eigenvalue weighted by Crippen LogP contribution is 2.42. The number of hydrogen-bond donors (Lipinski definition) is 0. The fourth-order valence-corrected chi connectivity index (χ4v) is 3.66. The van der Waals surface area contributed by atoms with Crippen molar-refractivity contribution in [3.05, 3.63) is 29.3 Å². The highest BCUT2D eigenvalue weighted by molar-refractivity contribution is 6.30. The second kappa shape index (κ2) is 4.71. The van der Waals surface area contributed by atoms with Gasteiger partial charge in [-0.2, -0.15) is 0 Å². The van der Waals surface area contributed by atoms with Crippen LogP contribution in [0, 0.1) is 0 Å². The van der Waals surface area contributed by atoms with Gasteiger partial charge in [0.15, 0.2) is 0 Å². The van der Waals surface area contributed by atoms with Gasteiger partial charge in [0.1, 0.15) is 5.54 Å². The normalized spacial score (nSPS) is 22.3. The zero-order valence-corrected chi connectivity index (χ0v) is 12.0. The third-order valence-electron chi connectivity index (χ3n) is 4.42. The Labute approximate surface area is 119 Å². The van der Waals surface area contributed by atoms with Gasteiger partial charge >= 0.3 is 0 Å². The van der Waals surface area contributed by atoms with Crippen LogP contribution in [0.5, 0.6) is 0 Å². The molecule has 1 heterocycles. The standard InChI is InChI=1S/C15H19ClN2O/c1-17-11-18(13-7-5-6-12(16)10-13)15(14(17)19)8-3-2-4-9-15/h5-7,10H,2-4,8-9,11H2,1H3. The number of nitrogens with zero attached hydrogens (tertiary/aromatic N) is 2. The van der Waals surface area contributed by atoms with E-state index in [0.717, 1.165) is 36.4 Å². The van der Waals surface area contributed by atoms with Crippen LogP contribution >= 0.6 is 11.6 Å². The summed E-state index contributed by atoms with van der Waals surface area (Å²) in [6, 6.07) is 7.84. The lowest BCUT2D eigenvalue weighted by Gasteiger charge is -2.39. The molecule has 1 aromatic rings. The number of likely N-dealkylation sites (N-methyl/N-ethyl adjacent to an activating group) is 1. The maximum Gasteiger partial charge on any atom is 0.249 e. The molecule has 0 bridgehead atoms. The van der Waals surface area contributed by atoms with Crippen molar-refractivity contribution in [2.75, 3.05) is 18.6 Å². The number of halogens is 1. The molecule has 19 heavy (non-hydrogen) atoms. The van der Waals surface area contributed by atoms with Crippen LogP contribution in [0.1, 0.15) is 32.1 Å². The predicted molar refractivity (Wildman–Crippen MR) is 77.4 cm³/mol. The molecule has 1 amide bonds. The van der Waals surface area contributed by atoms with Gasteiger partial charge in [0.05, 0.1) is 6.67 Å². The lowest BCUT2D eigenvalue weighted by Crippen LogP contribution is -2.50. The molecule has 102 valence electrons. The first-order valence-corrected chi connectivity index (χ1v) is 7.30. The van der Waals surface area contributed by atoms with Crippen LogP contribution in [0.4, 0.5) is 5.69 Å². The molecule has 0 unspecified atom stereocenters. The van der Waals surface area contributed by atoms with Crippen molar-refractivity contribution in [3.63, 3.8) is 0 Å². The first kappa shape index (κ1) is 12.8. The van der Waals surface area contributed by atoms with Crippen molar-refractivity contribution >= 4 is 23.2 Å². The summed E-state index contributed by atoms with van der Waals surface area (Å²) in [5, 5.41) is 0.727. The van der Waals surface area contributed by atoms with Crippen LogP contribution in [0.3, 0.4) is 0 Å². The molecule has 0 atom stereocenters. The van der Waals surface area contributed by atoms with Crippen molar-refractivity contribution < 1.29 is 4.79 Å². The van der Waals surface area contributed by atoms with E-state index in [1.807, 2.05) is 30.1 Å². The van der Waals surface area contributed by atoms with Gasteiger partial charge in [0.25, 0.3) is 0 Å². The molecule has 2 aliphatic rings. The van der Waals surface area contributed by atoms with E-state index in [2.05, 4.69) is 11.0 Å². The number of amides is 1. The fourth-order valence-electron chi connectivity index (χ4n) is 3.48. The predicted octanol–water partition coefficient (Wildman–Crippen LogP) is 3.28. The molecule has 1 aliphatic carbocycles. The number of carbonyl (C=O) groups excluding carboxylic acids is 1. The van der Waals surface area contributed by atoms with Crippen LogP contribution < -0.4 is 4.90 Å². The molecule has 1 saturated carbocycles. The van der Waals surface area contributed by atoms with E-state index in [9.17, 15) is 4.79 Å². The minimum Gasteiger partial charge on any atom is -0.339 e. The Morgan fingerprint density at radius 2 is 1.95 bits per heavy atom. The van der Waals surface area contributed by atoms with E-state index in [0.29, 0.717) is 6.67 Å². The molecule has 1 saturated heterocycles. The Hall–Kier alpha value is -1.22. The Morgan fingerprint density at radius 3 is 2.63 bits per heavy atom. The summed E-state index contributed by atoms with van der Waals surface area (Å²) >= 11 is 6.10. The van der Waals surface area contributed by atoms with Crippen molar-refractivity contribution in [2.24, 2.45) is 0 Å². The third-order valence-corrected chi connectivity index (χ3v) is 4.65. The van der Waals surface area contributed by atoms with Gasteiger partial charge in [-0.05, 0) is 31.0 Å². The highest BCUT2D eigenvalue weighted by atomic mass is 35.5. The maximum atomic E-state index is 12.6. The van der Waals surface area contributed by atoms with Gasteiger partial charge in [0, 0.05) is 17.8 Å². The van der Waals surface area contributed by atoms with Gasteiger partial charge in [-0.15, -0.1) is 0 Å². The van der Waals surface area contributed by atoms with Crippen LogP contribution in [0.25, 0.3) is 0 Å². The summed E-state index contributed by atoms with van der Waals surface area (Å²) in [7, 11) is 1.89. The number of anilines is 1. The molecule has 1 spiro atoms. The molecule has 4 heteroatoms. The van der Waals surface area contributed by atoms with Crippen LogP contribution in [-0.2, 0) is 4.79 Å². The largest absolute Gasteiger partial charge is 0.339 e. The van der Waals surface area contributed by atoms with E-state index in [1.54, 1.807) is 0 Å². The van der Waals surface area contributed by atoms with Gasteiger partial charge in [-0.1, -0.05) is 36.9 Å². The van der Waals surface area contributed by atoms with Crippen molar-refractivity contribution in [2.45, 2.75) is 37.6 Å². The second-order valence-electron chi connectivity index (χ2n) is 5.64. The first-order valence-electron chi connectivity index (χ1n) is 6.92. The monoisotopic (exact) mass is 278 g/mol. The van der Waals surface area contributed by atoms with Crippen LogP contribution in [0.2, 0.25) is 5.02 Å². The van der Waals surface area contributed by atoms with E-state index in [4.69, 9.17) is 11.6 Å². The topological polar surface area (TPSA) is 23.6 Å². The van der Waals surface area contributed by atoms with Crippen molar-refractivity contribution in [3.8, 4) is 0 Å². The molecule has 1 aromatic carbocycles. The average Bonchev–Trinajstić information content (AvgIpc) is 2.65. The summed E-state index contributed by atoms with van der Waals surface area (Å²) in [5.74, 6) is 0.271.